The normalized spacial score (nSPS) is 30.8. The molecule has 8 heteroatoms. The summed E-state index contributed by atoms with van der Waals surface area (Å²) in [6, 6.07) is -0.813. The van der Waals surface area contributed by atoms with E-state index in [2.05, 4.69) is 20.1 Å². The average molecular weight is 463 g/mol. The minimum Gasteiger partial charge on any atom is -0.461 e. The van der Waals surface area contributed by atoms with Crippen molar-refractivity contribution >= 4 is 17.8 Å². The van der Waals surface area contributed by atoms with Gasteiger partial charge < -0.3 is 24.4 Å². The van der Waals surface area contributed by atoms with Crippen molar-refractivity contribution in [3.05, 3.63) is 25.3 Å². The molecule has 0 saturated carbocycles. The van der Waals surface area contributed by atoms with E-state index >= 15 is 0 Å². The first-order valence-corrected chi connectivity index (χ1v) is 12.2. The molecule has 3 unspecified atom stereocenters. The van der Waals surface area contributed by atoms with Gasteiger partial charge in [-0.2, -0.15) is 0 Å². The van der Waals surface area contributed by atoms with Gasteiger partial charge in [-0.05, 0) is 39.0 Å². The number of amides is 2. The standard InChI is InChI=1S/C25H38N2O6/c1-5-10-17(4)26(13-6-2)23(30)21-25-12-11-18(33-25)19(24(31)32-16-7-3)20(25)22(29)27(21)14-8-9-15-28/h6-7,17-21,28H,2-3,5,8-16H2,1,4H3/t17?,18-,19+,20-,21?,25?/m0/s1. The van der Waals surface area contributed by atoms with Gasteiger partial charge in [0.15, 0.2) is 0 Å². The van der Waals surface area contributed by atoms with E-state index in [1.54, 1.807) is 15.9 Å². The molecule has 0 radical (unpaired) electrons. The van der Waals surface area contributed by atoms with Gasteiger partial charge in [0.2, 0.25) is 11.8 Å². The van der Waals surface area contributed by atoms with Crippen LogP contribution in [0.4, 0.5) is 0 Å². The topological polar surface area (TPSA) is 96.4 Å². The zero-order chi connectivity index (χ0) is 24.2. The van der Waals surface area contributed by atoms with Crippen LogP contribution in [0.25, 0.3) is 0 Å². The van der Waals surface area contributed by atoms with E-state index in [1.165, 1.54) is 6.08 Å². The predicted octanol–water partition coefficient (Wildman–Crippen LogP) is 2.07. The third-order valence-corrected chi connectivity index (χ3v) is 7.30. The number of esters is 1. The molecule has 33 heavy (non-hydrogen) atoms. The van der Waals surface area contributed by atoms with Gasteiger partial charge in [0.25, 0.3) is 0 Å². The lowest BCUT2D eigenvalue weighted by molar-refractivity contribution is -0.154. The molecule has 1 N–H and O–H groups in total. The summed E-state index contributed by atoms with van der Waals surface area (Å²) in [6.45, 7) is 12.3. The molecule has 0 aromatic heterocycles. The number of hydrogen-bond donors (Lipinski definition) is 1. The molecular weight excluding hydrogens is 424 g/mol. The average Bonchev–Trinajstić information content (AvgIpc) is 3.43. The molecule has 3 rings (SSSR count). The van der Waals surface area contributed by atoms with E-state index in [-0.39, 0.29) is 31.1 Å². The fourth-order valence-electron chi connectivity index (χ4n) is 5.93. The van der Waals surface area contributed by atoms with Crippen molar-refractivity contribution in [3.63, 3.8) is 0 Å². The first-order valence-electron chi connectivity index (χ1n) is 12.2. The first kappa shape index (κ1) is 25.4. The van der Waals surface area contributed by atoms with Crippen molar-refractivity contribution in [2.24, 2.45) is 11.8 Å². The van der Waals surface area contributed by atoms with Gasteiger partial charge in [0.05, 0.1) is 17.9 Å². The van der Waals surface area contributed by atoms with Gasteiger partial charge in [0, 0.05) is 25.7 Å². The molecule has 3 aliphatic heterocycles. The smallest absolute Gasteiger partial charge is 0.312 e. The first-order chi connectivity index (χ1) is 15.9. The summed E-state index contributed by atoms with van der Waals surface area (Å²) >= 11 is 0. The van der Waals surface area contributed by atoms with E-state index in [0.29, 0.717) is 38.8 Å². The summed E-state index contributed by atoms with van der Waals surface area (Å²) in [7, 11) is 0. The highest BCUT2D eigenvalue weighted by Crippen LogP contribution is 2.58. The summed E-state index contributed by atoms with van der Waals surface area (Å²) in [5.41, 5.74) is -1.03. The number of fused-ring (bicyclic) bond motifs is 1. The predicted molar refractivity (Wildman–Crippen MR) is 123 cm³/mol. The van der Waals surface area contributed by atoms with Crippen LogP contribution in [0.3, 0.4) is 0 Å². The largest absolute Gasteiger partial charge is 0.461 e. The van der Waals surface area contributed by atoms with Crippen LogP contribution in [-0.2, 0) is 23.9 Å². The Bertz CT molecular complexity index is 770. The summed E-state index contributed by atoms with van der Waals surface area (Å²) in [6.07, 6.45) is 6.79. The fraction of sp³-hybridized carbons (Fsp3) is 0.720. The Morgan fingerprint density at radius 2 is 2.12 bits per heavy atom. The quantitative estimate of drug-likeness (QED) is 0.256. The lowest BCUT2D eigenvalue weighted by atomic mass is 9.70. The molecule has 2 amide bonds. The Kier molecular flexibility index (Phi) is 8.34. The summed E-state index contributed by atoms with van der Waals surface area (Å²) in [5, 5.41) is 9.25. The molecule has 6 atom stereocenters. The van der Waals surface area contributed by atoms with Gasteiger partial charge in [-0.3, -0.25) is 14.4 Å². The minimum absolute atomic E-state index is 0.0143. The molecule has 3 fully saturated rings. The maximum Gasteiger partial charge on any atom is 0.312 e. The van der Waals surface area contributed by atoms with E-state index in [0.717, 1.165) is 12.8 Å². The monoisotopic (exact) mass is 462 g/mol. The molecule has 1 spiro atoms. The second-order valence-electron chi connectivity index (χ2n) is 9.35. The molecule has 3 aliphatic rings. The van der Waals surface area contributed by atoms with Crippen LogP contribution in [0.5, 0.6) is 0 Å². The molecule has 0 aliphatic carbocycles. The number of hydrogen-bond acceptors (Lipinski definition) is 6. The molecule has 2 bridgehead atoms. The van der Waals surface area contributed by atoms with Crippen LogP contribution in [0.2, 0.25) is 0 Å². The number of aliphatic hydroxyl groups is 1. The van der Waals surface area contributed by atoms with Crippen LogP contribution in [0, 0.1) is 11.8 Å². The number of likely N-dealkylation sites (tertiary alicyclic amines) is 1. The number of aliphatic hydroxyl groups excluding tert-OH is 1. The van der Waals surface area contributed by atoms with Gasteiger partial charge in [-0.1, -0.05) is 32.1 Å². The number of carbonyl (C=O) groups is 3. The van der Waals surface area contributed by atoms with Gasteiger partial charge in [-0.15, -0.1) is 6.58 Å². The van der Waals surface area contributed by atoms with Crippen LogP contribution >= 0.6 is 0 Å². The Morgan fingerprint density at radius 1 is 1.36 bits per heavy atom. The van der Waals surface area contributed by atoms with Crippen molar-refractivity contribution in [2.75, 3.05) is 26.3 Å². The Balaban J connectivity index is 1.98. The van der Waals surface area contributed by atoms with Crippen molar-refractivity contribution in [1.29, 1.82) is 0 Å². The van der Waals surface area contributed by atoms with Crippen LogP contribution in [-0.4, -0.2) is 82.8 Å². The Labute approximate surface area is 196 Å². The second kappa shape index (κ2) is 10.8. The lowest BCUT2D eigenvalue weighted by Crippen LogP contribution is -2.57. The number of ether oxygens (including phenoxy) is 2. The van der Waals surface area contributed by atoms with E-state index in [4.69, 9.17) is 9.47 Å². The third-order valence-electron chi connectivity index (χ3n) is 7.30. The molecule has 3 heterocycles. The van der Waals surface area contributed by atoms with Crippen LogP contribution in [0.15, 0.2) is 25.3 Å². The lowest BCUT2D eigenvalue weighted by Gasteiger charge is -2.39. The van der Waals surface area contributed by atoms with Crippen molar-refractivity contribution in [2.45, 2.75) is 76.2 Å². The summed E-state index contributed by atoms with van der Waals surface area (Å²) in [5.74, 6) is -2.30. The summed E-state index contributed by atoms with van der Waals surface area (Å²) < 4.78 is 11.7. The summed E-state index contributed by atoms with van der Waals surface area (Å²) in [4.78, 5) is 44.0. The number of rotatable bonds is 13. The van der Waals surface area contributed by atoms with Gasteiger partial charge in [0.1, 0.15) is 18.2 Å². The molecule has 8 nitrogen and oxygen atoms in total. The zero-order valence-corrected chi connectivity index (χ0v) is 19.9. The van der Waals surface area contributed by atoms with E-state index in [1.807, 2.05) is 6.92 Å². The number of carbonyl (C=O) groups excluding carboxylic acids is 3. The molecule has 0 aromatic rings. The maximum absolute atomic E-state index is 14.0. The van der Waals surface area contributed by atoms with Crippen molar-refractivity contribution in [3.8, 4) is 0 Å². The second-order valence-corrected chi connectivity index (χ2v) is 9.35. The Hall–Kier alpha value is -2.19. The zero-order valence-electron chi connectivity index (χ0n) is 19.9. The number of unbranched alkanes of at least 4 members (excludes halogenated alkanes) is 1. The van der Waals surface area contributed by atoms with Crippen LogP contribution in [0.1, 0.15) is 52.4 Å². The van der Waals surface area contributed by atoms with Gasteiger partial charge in [-0.25, -0.2) is 0 Å². The van der Waals surface area contributed by atoms with Crippen LogP contribution < -0.4 is 0 Å². The van der Waals surface area contributed by atoms with E-state index in [9.17, 15) is 19.5 Å². The highest BCUT2D eigenvalue weighted by atomic mass is 16.6. The highest BCUT2D eigenvalue weighted by molar-refractivity contribution is 5.98. The fourth-order valence-corrected chi connectivity index (χ4v) is 5.93. The molecule has 184 valence electrons. The molecule has 3 saturated heterocycles. The Morgan fingerprint density at radius 3 is 2.76 bits per heavy atom. The van der Waals surface area contributed by atoms with Crippen molar-refractivity contribution in [1.82, 2.24) is 9.80 Å². The minimum atomic E-state index is -1.03. The number of nitrogens with zero attached hydrogens (tertiary/aromatic N) is 2. The van der Waals surface area contributed by atoms with Crippen molar-refractivity contribution < 1.29 is 29.0 Å². The molecular formula is C25H38N2O6. The maximum atomic E-state index is 14.0. The molecule has 0 aromatic carbocycles. The highest BCUT2D eigenvalue weighted by Gasteiger charge is 2.75. The van der Waals surface area contributed by atoms with Gasteiger partial charge >= 0.3 is 5.97 Å². The SMILES string of the molecule is C=CCOC(=O)[C@@H]1[C@@H]2CCC3(O2)C(C(=O)N(CC=C)C(C)CCC)N(CCCCO)C(=O)[C@H]13. The van der Waals surface area contributed by atoms with E-state index < -0.39 is 35.6 Å². The third kappa shape index (κ3) is 4.47.